The maximum absolute atomic E-state index is 11.9. The van der Waals surface area contributed by atoms with Crippen LogP contribution in [0.2, 0.25) is 0 Å². The molecule has 1 unspecified atom stereocenters. The van der Waals surface area contributed by atoms with Gasteiger partial charge in [0.2, 0.25) is 5.91 Å². The molecule has 19 heavy (non-hydrogen) atoms. The number of hydrogen-bond donors (Lipinski definition) is 3. The van der Waals surface area contributed by atoms with Crippen molar-refractivity contribution in [1.82, 2.24) is 4.98 Å². The number of aryl methyl sites for hydroxylation is 1. The van der Waals surface area contributed by atoms with Crippen LogP contribution >= 0.6 is 0 Å². The zero-order valence-corrected chi connectivity index (χ0v) is 12.1. The third-order valence-corrected chi connectivity index (χ3v) is 3.54. The Labute approximate surface area is 113 Å². The quantitative estimate of drug-likeness (QED) is 0.783. The highest BCUT2D eigenvalue weighted by molar-refractivity contribution is 6.01. The van der Waals surface area contributed by atoms with Crippen molar-refractivity contribution < 1.29 is 14.7 Å². The average molecular weight is 266 g/mol. The molecule has 0 saturated carbocycles. The molecule has 1 aromatic heterocycles. The third-order valence-electron chi connectivity index (χ3n) is 3.54. The number of aromatic nitrogens is 1. The smallest absolute Gasteiger partial charge is 0.339 e. The fraction of sp³-hybridized carbons (Fsp3) is 0.571. The van der Waals surface area contributed by atoms with Gasteiger partial charge in [-0.05, 0) is 18.3 Å². The SMILES string of the molecule is Cc1[nH]cc(NC(=O)CC(C)C(C)(C)C)c1C(=O)O. The van der Waals surface area contributed by atoms with E-state index in [9.17, 15) is 9.59 Å². The summed E-state index contributed by atoms with van der Waals surface area (Å²) in [6.45, 7) is 9.91. The molecule has 0 bridgehead atoms. The highest BCUT2D eigenvalue weighted by Gasteiger charge is 2.24. The van der Waals surface area contributed by atoms with Gasteiger partial charge in [-0.1, -0.05) is 27.7 Å². The highest BCUT2D eigenvalue weighted by Crippen LogP contribution is 2.28. The molecule has 1 heterocycles. The molecule has 5 nitrogen and oxygen atoms in total. The Morgan fingerprint density at radius 2 is 2.00 bits per heavy atom. The van der Waals surface area contributed by atoms with Gasteiger partial charge in [-0.3, -0.25) is 4.79 Å². The molecule has 0 aliphatic carbocycles. The van der Waals surface area contributed by atoms with Crippen LogP contribution in [0, 0.1) is 18.3 Å². The van der Waals surface area contributed by atoms with E-state index in [0.717, 1.165) is 0 Å². The molecule has 0 radical (unpaired) electrons. The number of carboxylic acid groups (broad SMARTS) is 1. The van der Waals surface area contributed by atoms with Crippen molar-refractivity contribution in [2.24, 2.45) is 11.3 Å². The monoisotopic (exact) mass is 266 g/mol. The van der Waals surface area contributed by atoms with Crippen molar-refractivity contribution in [2.75, 3.05) is 5.32 Å². The number of aromatic amines is 1. The number of amides is 1. The van der Waals surface area contributed by atoms with Crippen LogP contribution in [0.25, 0.3) is 0 Å². The topological polar surface area (TPSA) is 82.2 Å². The molecule has 1 amide bonds. The van der Waals surface area contributed by atoms with E-state index in [1.54, 1.807) is 6.92 Å². The van der Waals surface area contributed by atoms with Crippen LogP contribution in [0.1, 0.15) is 50.2 Å². The summed E-state index contributed by atoms with van der Waals surface area (Å²) in [6, 6.07) is 0. The first-order valence-corrected chi connectivity index (χ1v) is 6.34. The van der Waals surface area contributed by atoms with Gasteiger partial charge in [-0.25, -0.2) is 4.79 Å². The first-order chi connectivity index (χ1) is 8.62. The maximum Gasteiger partial charge on any atom is 0.339 e. The number of anilines is 1. The van der Waals surface area contributed by atoms with Gasteiger partial charge in [0, 0.05) is 18.3 Å². The fourth-order valence-corrected chi connectivity index (χ4v) is 1.69. The molecular formula is C14H22N2O3. The number of carboxylic acids is 1. The minimum atomic E-state index is -1.04. The largest absolute Gasteiger partial charge is 0.478 e. The molecule has 3 N–H and O–H groups in total. The molecule has 1 rings (SSSR count). The fourth-order valence-electron chi connectivity index (χ4n) is 1.69. The van der Waals surface area contributed by atoms with Crippen molar-refractivity contribution in [3.63, 3.8) is 0 Å². The number of nitrogens with one attached hydrogen (secondary N) is 2. The maximum atomic E-state index is 11.9. The number of carbonyl (C=O) groups excluding carboxylic acids is 1. The second kappa shape index (κ2) is 5.47. The molecule has 0 fully saturated rings. The van der Waals surface area contributed by atoms with E-state index in [-0.39, 0.29) is 22.8 Å². The zero-order chi connectivity index (χ0) is 14.8. The van der Waals surface area contributed by atoms with Gasteiger partial charge < -0.3 is 15.4 Å². The van der Waals surface area contributed by atoms with Crippen molar-refractivity contribution in [1.29, 1.82) is 0 Å². The lowest BCUT2D eigenvalue weighted by Crippen LogP contribution is -2.24. The summed E-state index contributed by atoms with van der Waals surface area (Å²) >= 11 is 0. The van der Waals surface area contributed by atoms with Crippen LogP contribution < -0.4 is 5.32 Å². The highest BCUT2D eigenvalue weighted by atomic mass is 16.4. The third kappa shape index (κ3) is 3.84. The normalized spacial score (nSPS) is 13.1. The summed E-state index contributed by atoms with van der Waals surface area (Å²) in [7, 11) is 0. The Balaban J connectivity index is 2.76. The predicted molar refractivity (Wildman–Crippen MR) is 74.4 cm³/mol. The van der Waals surface area contributed by atoms with Gasteiger partial charge in [0.1, 0.15) is 5.56 Å². The van der Waals surface area contributed by atoms with Gasteiger partial charge in [0.25, 0.3) is 0 Å². The number of hydrogen-bond acceptors (Lipinski definition) is 2. The molecule has 5 heteroatoms. The van der Waals surface area contributed by atoms with Crippen LogP contribution in [-0.2, 0) is 4.79 Å². The van der Waals surface area contributed by atoms with Crippen LogP contribution in [-0.4, -0.2) is 22.0 Å². The van der Waals surface area contributed by atoms with Gasteiger partial charge in [0.05, 0.1) is 5.69 Å². The van der Waals surface area contributed by atoms with Crippen molar-refractivity contribution in [2.45, 2.75) is 41.0 Å². The summed E-state index contributed by atoms with van der Waals surface area (Å²) in [5.74, 6) is -0.998. The lowest BCUT2D eigenvalue weighted by atomic mass is 9.80. The van der Waals surface area contributed by atoms with Crippen molar-refractivity contribution in [3.8, 4) is 0 Å². The predicted octanol–water partition coefficient (Wildman–Crippen LogP) is 3.03. The van der Waals surface area contributed by atoms with E-state index < -0.39 is 5.97 Å². The summed E-state index contributed by atoms with van der Waals surface area (Å²) in [5.41, 5.74) is 1.03. The first kappa shape index (κ1) is 15.3. The van der Waals surface area contributed by atoms with Gasteiger partial charge in [-0.15, -0.1) is 0 Å². The molecule has 0 spiro atoms. The second-order valence-electron chi connectivity index (χ2n) is 6.03. The lowest BCUT2D eigenvalue weighted by Gasteiger charge is -2.26. The molecule has 1 atom stereocenters. The Hall–Kier alpha value is -1.78. The van der Waals surface area contributed by atoms with E-state index in [1.807, 2.05) is 6.92 Å². The average Bonchev–Trinajstić information content (AvgIpc) is 2.57. The Bertz CT molecular complexity index is 483. The summed E-state index contributed by atoms with van der Waals surface area (Å²) in [5, 5.41) is 11.8. The molecule has 1 aromatic rings. The Kier molecular flexibility index (Phi) is 4.39. The summed E-state index contributed by atoms with van der Waals surface area (Å²) in [6.07, 6.45) is 1.88. The van der Waals surface area contributed by atoms with E-state index in [4.69, 9.17) is 5.11 Å². The number of rotatable bonds is 4. The molecule has 106 valence electrons. The minimum absolute atomic E-state index is 0.0427. The molecule has 0 aliphatic heterocycles. The van der Waals surface area contributed by atoms with Gasteiger partial charge in [0.15, 0.2) is 0 Å². The number of H-pyrrole nitrogens is 1. The van der Waals surface area contributed by atoms with Crippen LogP contribution in [0.5, 0.6) is 0 Å². The van der Waals surface area contributed by atoms with E-state index in [0.29, 0.717) is 17.8 Å². The Morgan fingerprint density at radius 1 is 1.42 bits per heavy atom. The first-order valence-electron chi connectivity index (χ1n) is 6.34. The second-order valence-corrected chi connectivity index (χ2v) is 6.03. The van der Waals surface area contributed by atoms with Crippen molar-refractivity contribution >= 4 is 17.6 Å². The number of aromatic carboxylic acids is 1. The van der Waals surface area contributed by atoms with E-state index >= 15 is 0 Å². The van der Waals surface area contributed by atoms with Gasteiger partial charge in [-0.2, -0.15) is 0 Å². The number of carbonyl (C=O) groups is 2. The molecular weight excluding hydrogens is 244 g/mol. The zero-order valence-electron chi connectivity index (χ0n) is 12.1. The molecule has 0 aromatic carbocycles. The lowest BCUT2D eigenvalue weighted by molar-refractivity contribution is -0.117. The van der Waals surface area contributed by atoms with Gasteiger partial charge >= 0.3 is 5.97 Å². The van der Waals surface area contributed by atoms with Crippen molar-refractivity contribution in [3.05, 3.63) is 17.5 Å². The summed E-state index contributed by atoms with van der Waals surface area (Å²) in [4.78, 5) is 25.8. The minimum Gasteiger partial charge on any atom is -0.478 e. The molecule has 0 saturated heterocycles. The van der Waals surface area contributed by atoms with E-state index in [2.05, 4.69) is 31.1 Å². The van der Waals surface area contributed by atoms with E-state index in [1.165, 1.54) is 6.20 Å². The standard InChI is InChI=1S/C14H22N2O3/c1-8(14(3,4)5)6-11(17)16-10-7-15-9(2)12(10)13(18)19/h7-8,15H,6H2,1-5H3,(H,16,17)(H,18,19). The van der Waals surface area contributed by atoms with Crippen LogP contribution in [0.15, 0.2) is 6.20 Å². The van der Waals surface area contributed by atoms with Crippen LogP contribution in [0.3, 0.4) is 0 Å². The summed E-state index contributed by atoms with van der Waals surface area (Å²) < 4.78 is 0. The Morgan fingerprint density at radius 3 is 2.47 bits per heavy atom. The van der Waals surface area contributed by atoms with Crippen LogP contribution in [0.4, 0.5) is 5.69 Å². The molecule has 0 aliphatic rings.